The molecule has 0 unspecified atom stereocenters. The molecular weight excluding hydrogens is 599 g/mol. The number of likely N-dealkylation sites (tertiary alicyclic amines) is 1. The Kier molecular flexibility index (Phi) is 10.1. The van der Waals surface area contributed by atoms with Crippen molar-refractivity contribution in [2.24, 2.45) is 9.98 Å². The minimum atomic E-state index is -3.75. The molecular formula is C32H39FN6O5S. The number of anilines is 1. The molecule has 2 heterocycles. The molecule has 13 heteroatoms. The Hall–Kier alpha value is -4.52. The third kappa shape index (κ3) is 8.35. The number of hydrogen-bond acceptors (Lipinski definition) is 7. The van der Waals surface area contributed by atoms with E-state index in [1.54, 1.807) is 60.5 Å². The van der Waals surface area contributed by atoms with Crippen molar-refractivity contribution in [1.29, 1.82) is 0 Å². The van der Waals surface area contributed by atoms with E-state index in [1.807, 2.05) is 20.8 Å². The van der Waals surface area contributed by atoms with Gasteiger partial charge in [0, 0.05) is 41.7 Å². The SMILES string of the molecule is C=N/C(=N\C(=C/C)c1cccnc1Oc1c(C)c(F)c(NS(C)(=O)=O)c2ccccc12)N[C@H]1CCCN(C(=O)OC(C)(C)C)C1. The van der Waals surface area contributed by atoms with Crippen LogP contribution in [0.4, 0.5) is 14.9 Å². The summed E-state index contributed by atoms with van der Waals surface area (Å²) in [7, 11) is -3.75. The maximum absolute atomic E-state index is 15.6. The summed E-state index contributed by atoms with van der Waals surface area (Å²) in [5.41, 5.74) is 0.320. The van der Waals surface area contributed by atoms with Gasteiger partial charge in [0.25, 0.3) is 0 Å². The number of sulfonamides is 1. The van der Waals surface area contributed by atoms with Crippen LogP contribution >= 0.6 is 0 Å². The molecule has 0 bridgehead atoms. The molecule has 45 heavy (non-hydrogen) atoms. The molecule has 1 aliphatic heterocycles. The van der Waals surface area contributed by atoms with Gasteiger partial charge < -0.3 is 19.7 Å². The van der Waals surface area contributed by atoms with E-state index in [2.05, 4.69) is 26.7 Å². The van der Waals surface area contributed by atoms with Crippen molar-refractivity contribution >= 4 is 51.0 Å². The first-order valence-electron chi connectivity index (χ1n) is 14.5. The Morgan fingerprint density at radius 1 is 1.20 bits per heavy atom. The Morgan fingerprint density at radius 2 is 1.91 bits per heavy atom. The molecule has 240 valence electrons. The Balaban J connectivity index is 1.64. The van der Waals surface area contributed by atoms with Crippen molar-refractivity contribution in [3.8, 4) is 11.6 Å². The number of fused-ring (bicyclic) bond motifs is 1. The van der Waals surface area contributed by atoms with E-state index in [-0.39, 0.29) is 41.0 Å². The molecule has 1 fully saturated rings. The molecule has 1 aliphatic rings. The van der Waals surface area contributed by atoms with E-state index in [0.717, 1.165) is 19.1 Å². The first kappa shape index (κ1) is 33.4. The zero-order valence-electron chi connectivity index (χ0n) is 26.3. The van der Waals surface area contributed by atoms with Gasteiger partial charge in [-0.2, -0.15) is 0 Å². The maximum atomic E-state index is 15.6. The fourth-order valence-corrected chi connectivity index (χ4v) is 5.53. The second-order valence-electron chi connectivity index (χ2n) is 11.7. The van der Waals surface area contributed by atoms with Gasteiger partial charge in [0.15, 0.2) is 5.82 Å². The third-order valence-electron chi connectivity index (χ3n) is 6.92. The largest absolute Gasteiger partial charge is 0.444 e. The van der Waals surface area contributed by atoms with E-state index in [0.29, 0.717) is 35.1 Å². The van der Waals surface area contributed by atoms with Gasteiger partial charge in [-0.3, -0.25) is 4.72 Å². The number of halogens is 1. The van der Waals surface area contributed by atoms with E-state index in [4.69, 9.17) is 14.5 Å². The Morgan fingerprint density at radius 3 is 2.56 bits per heavy atom. The summed E-state index contributed by atoms with van der Waals surface area (Å²) < 4.78 is 53.7. The van der Waals surface area contributed by atoms with Crippen molar-refractivity contribution in [3.05, 3.63) is 65.6 Å². The van der Waals surface area contributed by atoms with Crippen LogP contribution in [-0.2, 0) is 14.8 Å². The first-order valence-corrected chi connectivity index (χ1v) is 16.4. The molecule has 1 amide bonds. The fourth-order valence-electron chi connectivity index (χ4n) is 4.96. The second kappa shape index (κ2) is 13.6. The third-order valence-corrected chi connectivity index (χ3v) is 7.49. The number of allylic oxidation sites excluding steroid dienone is 1. The molecule has 1 saturated heterocycles. The van der Waals surface area contributed by atoms with Crippen molar-refractivity contribution < 1.29 is 27.1 Å². The van der Waals surface area contributed by atoms with Gasteiger partial charge >= 0.3 is 6.09 Å². The summed E-state index contributed by atoms with van der Waals surface area (Å²) in [6.07, 6.45) is 5.47. The summed E-state index contributed by atoms with van der Waals surface area (Å²) in [5.74, 6) is -0.168. The van der Waals surface area contributed by atoms with Gasteiger partial charge in [-0.05, 0) is 66.3 Å². The lowest BCUT2D eigenvalue weighted by molar-refractivity contribution is 0.0194. The molecule has 3 aromatic rings. The van der Waals surface area contributed by atoms with Gasteiger partial charge in [0.1, 0.15) is 11.4 Å². The van der Waals surface area contributed by atoms with E-state index in [9.17, 15) is 13.2 Å². The van der Waals surface area contributed by atoms with Crippen molar-refractivity contribution in [1.82, 2.24) is 15.2 Å². The average molecular weight is 639 g/mol. The van der Waals surface area contributed by atoms with Crippen molar-refractivity contribution in [2.45, 2.75) is 59.1 Å². The Bertz CT molecular complexity index is 1770. The maximum Gasteiger partial charge on any atom is 0.410 e. The number of ether oxygens (including phenoxy) is 2. The topological polar surface area (TPSA) is 135 Å². The average Bonchev–Trinajstić information content (AvgIpc) is 2.98. The Labute approximate surface area is 263 Å². The van der Waals surface area contributed by atoms with Crippen LogP contribution in [0.5, 0.6) is 11.6 Å². The van der Waals surface area contributed by atoms with Crippen LogP contribution in [0.2, 0.25) is 0 Å². The summed E-state index contributed by atoms with van der Waals surface area (Å²) in [6.45, 7) is 13.5. The van der Waals surface area contributed by atoms with Gasteiger partial charge in [-0.25, -0.2) is 32.6 Å². The summed E-state index contributed by atoms with van der Waals surface area (Å²) >= 11 is 0. The number of carbonyl (C=O) groups excluding carboxylic acids is 1. The molecule has 2 N–H and O–H groups in total. The quantitative estimate of drug-likeness (QED) is 0.231. The molecule has 0 aliphatic carbocycles. The van der Waals surface area contributed by atoms with Crippen molar-refractivity contribution in [3.63, 3.8) is 0 Å². The minimum absolute atomic E-state index is 0.101. The highest BCUT2D eigenvalue weighted by atomic mass is 32.2. The lowest BCUT2D eigenvalue weighted by atomic mass is 10.0. The van der Waals surface area contributed by atoms with E-state index in [1.165, 1.54) is 6.92 Å². The molecule has 1 aromatic heterocycles. The van der Waals surface area contributed by atoms with Crippen LogP contribution in [0, 0.1) is 12.7 Å². The zero-order valence-corrected chi connectivity index (χ0v) is 27.2. The summed E-state index contributed by atoms with van der Waals surface area (Å²) in [4.78, 5) is 27.5. The standard InChI is InChI=1S/C32H39FN6O5S/c1-8-25(37-30(34-6)36-21-13-12-18-39(19-21)31(40)44-32(3,4)5)24-16-11-17-35-29(24)43-28-20(2)26(33)27(38-45(7,41)42)22-14-9-10-15-23(22)28/h8-11,14-17,21,38H,6,12-13,18-19H2,1-5,7H3,(H,36,37)/b25-8-/t21-/m0/s1. The van der Waals surface area contributed by atoms with Gasteiger partial charge in [0.2, 0.25) is 21.9 Å². The molecule has 2 aromatic carbocycles. The number of aromatic nitrogens is 1. The molecule has 0 spiro atoms. The van der Waals surface area contributed by atoms with Gasteiger partial charge in [-0.15, -0.1) is 0 Å². The number of rotatable bonds is 7. The summed E-state index contributed by atoms with van der Waals surface area (Å²) in [6, 6.07) is 10.1. The van der Waals surface area contributed by atoms with Crippen LogP contribution in [0.15, 0.2) is 58.7 Å². The molecule has 11 nitrogen and oxygen atoms in total. The number of hydrogen-bond donors (Lipinski definition) is 2. The number of guanidine groups is 1. The number of aliphatic imine (C=N–C) groups is 2. The van der Waals surface area contributed by atoms with Gasteiger partial charge in [-0.1, -0.05) is 30.3 Å². The van der Waals surface area contributed by atoms with Crippen molar-refractivity contribution in [2.75, 3.05) is 24.1 Å². The fraction of sp³-hybridized carbons (Fsp3) is 0.375. The van der Waals surface area contributed by atoms with Crippen LogP contribution in [0.1, 0.15) is 51.7 Å². The van der Waals surface area contributed by atoms with Crippen LogP contribution < -0.4 is 14.8 Å². The smallest absolute Gasteiger partial charge is 0.410 e. The number of benzene rings is 2. The lowest BCUT2D eigenvalue weighted by Crippen LogP contribution is -2.50. The predicted octanol–water partition coefficient (Wildman–Crippen LogP) is 6.25. The molecule has 0 radical (unpaired) electrons. The lowest BCUT2D eigenvalue weighted by Gasteiger charge is -2.34. The highest BCUT2D eigenvalue weighted by Gasteiger charge is 2.28. The highest BCUT2D eigenvalue weighted by Crippen LogP contribution is 2.41. The minimum Gasteiger partial charge on any atom is -0.444 e. The number of nitrogens with one attached hydrogen (secondary N) is 2. The van der Waals surface area contributed by atoms with Crippen LogP contribution in [0.3, 0.4) is 0 Å². The zero-order chi connectivity index (χ0) is 32.9. The number of nitrogens with zero attached hydrogens (tertiary/aromatic N) is 4. The highest BCUT2D eigenvalue weighted by molar-refractivity contribution is 7.92. The predicted molar refractivity (Wildman–Crippen MR) is 176 cm³/mol. The number of piperidine rings is 1. The summed E-state index contributed by atoms with van der Waals surface area (Å²) in [5, 5.41) is 4.11. The molecule has 4 rings (SSSR count). The van der Waals surface area contributed by atoms with Crippen LogP contribution in [-0.4, -0.2) is 68.1 Å². The normalized spacial score (nSPS) is 16.3. The van der Waals surface area contributed by atoms with E-state index < -0.39 is 21.4 Å². The molecule has 1 atom stereocenters. The number of pyridine rings is 1. The molecule has 0 saturated carbocycles. The van der Waals surface area contributed by atoms with E-state index >= 15 is 4.39 Å². The number of amides is 1. The van der Waals surface area contributed by atoms with Gasteiger partial charge in [0.05, 0.1) is 23.2 Å². The number of carbonyl (C=O) groups is 1. The first-order chi connectivity index (χ1) is 21.2. The monoisotopic (exact) mass is 638 g/mol. The van der Waals surface area contributed by atoms with Crippen LogP contribution in [0.25, 0.3) is 16.5 Å². The second-order valence-corrected chi connectivity index (χ2v) is 13.4.